The van der Waals surface area contributed by atoms with E-state index in [9.17, 15) is 13.5 Å². The van der Waals surface area contributed by atoms with Gasteiger partial charge in [-0.2, -0.15) is 8.42 Å². The van der Waals surface area contributed by atoms with E-state index >= 15 is 0 Å². The summed E-state index contributed by atoms with van der Waals surface area (Å²) in [6.07, 6.45) is 7.34. The van der Waals surface area contributed by atoms with Crippen LogP contribution in [0.25, 0.3) is 0 Å². The standard InChI is InChI=1S/C15H22O.CH4O3S/c1-2-5-12-6-3-4-7-15(12)13-8-10-14(16)11-9-13;1-5(2,3)4/h3-4,6-7,13-14,16H,2,5,8-11H2,1H3;1H3,(H,2,3,4). The lowest BCUT2D eigenvalue weighted by Gasteiger charge is -2.27. The molecule has 21 heavy (non-hydrogen) atoms. The van der Waals surface area contributed by atoms with E-state index in [-0.39, 0.29) is 6.10 Å². The van der Waals surface area contributed by atoms with Crippen molar-refractivity contribution < 1.29 is 18.1 Å². The van der Waals surface area contributed by atoms with Crippen molar-refractivity contribution in [2.75, 3.05) is 6.26 Å². The number of hydrogen-bond donors (Lipinski definition) is 2. The molecule has 0 spiro atoms. The molecule has 120 valence electrons. The van der Waals surface area contributed by atoms with E-state index in [1.807, 2.05) is 0 Å². The van der Waals surface area contributed by atoms with Crippen LogP contribution in [0.2, 0.25) is 0 Å². The topological polar surface area (TPSA) is 74.6 Å². The fourth-order valence-corrected chi connectivity index (χ4v) is 2.82. The minimum Gasteiger partial charge on any atom is -0.393 e. The Morgan fingerprint density at radius 3 is 2.19 bits per heavy atom. The van der Waals surface area contributed by atoms with E-state index in [0.29, 0.717) is 12.2 Å². The van der Waals surface area contributed by atoms with Gasteiger partial charge in [0.25, 0.3) is 10.1 Å². The summed E-state index contributed by atoms with van der Waals surface area (Å²) in [7, 11) is -3.67. The summed E-state index contributed by atoms with van der Waals surface area (Å²) < 4.78 is 25.9. The van der Waals surface area contributed by atoms with Gasteiger partial charge in [0.1, 0.15) is 0 Å². The summed E-state index contributed by atoms with van der Waals surface area (Å²) in [4.78, 5) is 0. The molecule has 4 nitrogen and oxygen atoms in total. The van der Waals surface area contributed by atoms with E-state index < -0.39 is 10.1 Å². The Balaban J connectivity index is 0.000000383. The lowest BCUT2D eigenvalue weighted by Crippen LogP contribution is -2.17. The zero-order valence-electron chi connectivity index (χ0n) is 12.8. The van der Waals surface area contributed by atoms with Gasteiger partial charge in [0.05, 0.1) is 12.4 Å². The third-order valence-corrected chi connectivity index (χ3v) is 3.71. The van der Waals surface area contributed by atoms with Crippen LogP contribution < -0.4 is 0 Å². The normalized spacial score (nSPS) is 22.3. The minimum absolute atomic E-state index is 0.0467. The number of aliphatic hydroxyl groups excluding tert-OH is 1. The molecule has 1 saturated carbocycles. The molecule has 1 aromatic carbocycles. The first-order chi connectivity index (χ1) is 9.81. The van der Waals surface area contributed by atoms with Gasteiger partial charge in [0.2, 0.25) is 0 Å². The molecule has 0 bridgehead atoms. The molecule has 0 aliphatic heterocycles. The molecule has 1 aliphatic carbocycles. The van der Waals surface area contributed by atoms with Crippen molar-refractivity contribution in [2.24, 2.45) is 0 Å². The van der Waals surface area contributed by atoms with Crippen molar-refractivity contribution in [3.63, 3.8) is 0 Å². The predicted octanol–water partition coefficient (Wildman–Crippen LogP) is 3.16. The number of rotatable bonds is 3. The van der Waals surface area contributed by atoms with Gasteiger partial charge in [0, 0.05) is 0 Å². The second-order valence-electron chi connectivity index (χ2n) is 5.69. The number of aliphatic hydroxyl groups is 1. The molecule has 1 aliphatic rings. The average Bonchev–Trinajstić information content (AvgIpc) is 2.39. The molecule has 1 aromatic rings. The summed E-state index contributed by atoms with van der Waals surface area (Å²) in [5, 5.41) is 9.55. The Bertz CT molecular complexity index is 509. The van der Waals surface area contributed by atoms with Crippen LogP contribution in [0, 0.1) is 0 Å². The molecule has 0 unspecified atom stereocenters. The highest BCUT2D eigenvalue weighted by Gasteiger charge is 2.22. The van der Waals surface area contributed by atoms with Gasteiger partial charge in [-0.15, -0.1) is 0 Å². The van der Waals surface area contributed by atoms with Gasteiger partial charge in [-0.05, 0) is 49.1 Å². The first-order valence-electron chi connectivity index (χ1n) is 7.49. The number of hydrogen-bond acceptors (Lipinski definition) is 3. The van der Waals surface area contributed by atoms with Gasteiger partial charge in [-0.1, -0.05) is 37.6 Å². The Morgan fingerprint density at radius 2 is 1.67 bits per heavy atom. The first kappa shape index (κ1) is 18.1. The first-order valence-corrected chi connectivity index (χ1v) is 9.34. The smallest absolute Gasteiger partial charge is 0.261 e. The quantitative estimate of drug-likeness (QED) is 0.840. The highest BCUT2D eigenvalue weighted by molar-refractivity contribution is 7.85. The molecule has 5 heteroatoms. The van der Waals surface area contributed by atoms with Crippen LogP contribution in [-0.2, 0) is 16.5 Å². The second kappa shape index (κ2) is 8.51. The fourth-order valence-electron chi connectivity index (χ4n) is 2.82. The fraction of sp³-hybridized carbons (Fsp3) is 0.625. The Labute approximate surface area is 128 Å². The molecule has 1 fully saturated rings. The maximum absolute atomic E-state index is 9.55. The molecule has 0 amide bonds. The van der Waals surface area contributed by atoms with Crippen molar-refractivity contribution in [3.05, 3.63) is 35.4 Å². The van der Waals surface area contributed by atoms with Crippen molar-refractivity contribution in [1.82, 2.24) is 0 Å². The van der Waals surface area contributed by atoms with E-state index in [2.05, 4.69) is 31.2 Å². The summed E-state index contributed by atoms with van der Waals surface area (Å²) in [6, 6.07) is 8.85. The maximum Gasteiger partial charge on any atom is 0.261 e. The summed E-state index contributed by atoms with van der Waals surface area (Å²) in [5.41, 5.74) is 3.06. The second-order valence-corrected chi connectivity index (χ2v) is 7.15. The molecule has 0 heterocycles. The third-order valence-electron chi connectivity index (χ3n) is 3.71. The summed E-state index contributed by atoms with van der Waals surface area (Å²) in [6.45, 7) is 2.24. The molecule has 0 radical (unpaired) electrons. The van der Waals surface area contributed by atoms with E-state index in [0.717, 1.165) is 25.7 Å². The molecule has 0 saturated heterocycles. The van der Waals surface area contributed by atoms with E-state index in [1.165, 1.54) is 24.0 Å². The Hall–Kier alpha value is -0.910. The van der Waals surface area contributed by atoms with Crippen LogP contribution in [0.5, 0.6) is 0 Å². The van der Waals surface area contributed by atoms with Gasteiger partial charge < -0.3 is 5.11 Å². The Morgan fingerprint density at radius 1 is 1.14 bits per heavy atom. The van der Waals surface area contributed by atoms with Crippen LogP contribution in [0.1, 0.15) is 56.1 Å². The van der Waals surface area contributed by atoms with E-state index in [4.69, 9.17) is 4.55 Å². The van der Waals surface area contributed by atoms with Crippen molar-refractivity contribution >= 4 is 10.1 Å². The predicted molar refractivity (Wildman–Crippen MR) is 85.1 cm³/mol. The molecular formula is C16H26O4S. The monoisotopic (exact) mass is 314 g/mol. The Kier molecular flexibility index (Phi) is 7.35. The largest absolute Gasteiger partial charge is 0.393 e. The SMILES string of the molecule is CCCc1ccccc1C1CCC(O)CC1.CS(=O)(=O)O. The van der Waals surface area contributed by atoms with Crippen LogP contribution in [-0.4, -0.2) is 30.4 Å². The summed E-state index contributed by atoms with van der Waals surface area (Å²) in [5.74, 6) is 0.686. The maximum atomic E-state index is 9.55. The zero-order valence-corrected chi connectivity index (χ0v) is 13.6. The van der Waals surface area contributed by atoms with Crippen molar-refractivity contribution in [1.29, 1.82) is 0 Å². The molecule has 2 rings (SSSR count). The molecular weight excluding hydrogens is 288 g/mol. The molecule has 0 atom stereocenters. The highest BCUT2D eigenvalue weighted by atomic mass is 32.2. The van der Waals surface area contributed by atoms with Crippen LogP contribution in [0.3, 0.4) is 0 Å². The lowest BCUT2D eigenvalue weighted by atomic mass is 9.80. The molecule has 0 aromatic heterocycles. The number of benzene rings is 1. The number of aryl methyl sites for hydroxylation is 1. The van der Waals surface area contributed by atoms with Crippen molar-refractivity contribution in [2.45, 2.75) is 57.5 Å². The van der Waals surface area contributed by atoms with Gasteiger partial charge >= 0.3 is 0 Å². The van der Waals surface area contributed by atoms with E-state index in [1.54, 1.807) is 0 Å². The van der Waals surface area contributed by atoms with Crippen LogP contribution in [0.15, 0.2) is 24.3 Å². The van der Waals surface area contributed by atoms with Gasteiger partial charge in [0.15, 0.2) is 0 Å². The van der Waals surface area contributed by atoms with Crippen molar-refractivity contribution in [3.8, 4) is 0 Å². The van der Waals surface area contributed by atoms with Crippen LogP contribution >= 0.6 is 0 Å². The minimum atomic E-state index is -3.67. The highest BCUT2D eigenvalue weighted by Crippen LogP contribution is 2.34. The summed E-state index contributed by atoms with van der Waals surface area (Å²) >= 11 is 0. The average molecular weight is 314 g/mol. The van der Waals surface area contributed by atoms with Gasteiger partial charge in [-0.3, -0.25) is 4.55 Å². The third kappa shape index (κ3) is 7.60. The zero-order chi connectivity index (χ0) is 15.9. The lowest BCUT2D eigenvalue weighted by molar-refractivity contribution is 0.122. The van der Waals surface area contributed by atoms with Crippen LogP contribution in [0.4, 0.5) is 0 Å². The molecule has 2 N–H and O–H groups in total. The van der Waals surface area contributed by atoms with Gasteiger partial charge in [-0.25, -0.2) is 0 Å².